The highest BCUT2D eigenvalue weighted by Crippen LogP contribution is 2.25. The molecule has 2 aliphatic rings. The molecule has 0 spiro atoms. The van der Waals surface area contributed by atoms with Gasteiger partial charge in [0, 0.05) is 30.9 Å². The number of anilines is 1. The van der Waals surface area contributed by atoms with E-state index in [2.05, 4.69) is 28.2 Å². The molecule has 1 aliphatic heterocycles. The standard InChI is InChI=1S/C15H23N3O/c1-2-14-11-19-9-8-18(14)15-12(4-3-7-16-15)10-17-13-5-6-13/h3-4,7,13-14,17H,2,5-6,8-11H2,1H3. The van der Waals surface area contributed by atoms with Crippen LogP contribution in [0.3, 0.4) is 0 Å². The Kier molecular flexibility index (Phi) is 3.99. The van der Waals surface area contributed by atoms with E-state index in [-0.39, 0.29) is 0 Å². The van der Waals surface area contributed by atoms with Gasteiger partial charge in [-0.15, -0.1) is 0 Å². The molecule has 1 saturated heterocycles. The minimum Gasteiger partial charge on any atom is -0.377 e. The highest BCUT2D eigenvalue weighted by atomic mass is 16.5. The second kappa shape index (κ2) is 5.88. The minimum atomic E-state index is 0.461. The quantitative estimate of drug-likeness (QED) is 0.879. The third kappa shape index (κ3) is 3.07. The lowest BCUT2D eigenvalue weighted by molar-refractivity contribution is 0.0924. The molecule has 0 bridgehead atoms. The van der Waals surface area contributed by atoms with Crippen LogP contribution in [0.1, 0.15) is 31.7 Å². The van der Waals surface area contributed by atoms with Gasteiger partial charge in [0.05, 0.1) is 19.3 Å². The number of aromatic nitrogens is 1. The Morgan fingerprint density at radius 2 is 2.37 bits per heavy atom. The van der Waals surface area contributed by atoms with E-state index >= 15 is 0 Å². The van der Waals surface area contributed by atoms with Gasteiger partial charge >= 0.3 is 0 Å². The van der Waals surface area contributed by atoms with Gasteiger partial charge in [-0.05, 0) is 25.3 Å². The Morgan fingerprint density at radius 3 is 3.16 bits per heavy atom. The molecule has 1 saturated carbocycles. The number of hydrogen-bond acceptors (Lipinski definition) is 4. The molecule has 1 aromatic rings. The fourth-order valence-corrected chi connectivity index (χ4v) is 2.64. The van der Waals surface area contributed by atoms with E-state index in [4.69, 9.17) is 4.74 Å². The molecule has 4 heteroatoms. The molecule has 19 heavy (non-hydrogen) atoms. The number of nitrogens with one attached hydrogen (secondary N) is 1. The van der Waals surface area contributed by atoms with Crippen LogP contribution in [0.5, 0.6) is 0 Å². The van der Waals surface area contributed by atoms with Gasteiger partial charge in [0.25, 0.3) is 0 Å². The Labute approximate surface area is 115 Å². The molecule has 1 atom stereocenters. The second-order valence-electron chi connectivity index (χ2n) is 5.47. The maximum Gasteiger partial charge on any atom is 0.133 e. The average Bonchev–Trinajstić information content (AvgIpc) is 3.29. The van der Waals surface area contributed by atoms with Gasteiger partial charge in [-0.3, -0.25) is 0 Å². The maximum absolute atomic E-state index is 5.59. The van der Waals surface area contributed by atoms with Crippen molar-refractivity contribution in [1.82, 2.24) is 10.3 Å². The molecule has 2 heterocycles. The SMILES string of the molecule is CCC1COCCN1c1ncccc1CNC1CC1. The van der Waals surface area contributed by atoms with Crippen molar-refractivity contribution in [2.24, 2.45) is 0 Å². The van der Waals surface area contributed by atoms with Crippen molar-refractivity contribution in [3.8, 4) is 0 Å². The third-order valence-electron chi connectivity index (χ3n) is 4.00. The predicted molar refractivity (Wildman–Crippen MR) is 76.3 cm³/mol. The molecule has 1 N–H and O–H groups in total. The van der Waals surface area contributed by atoms with Crippen LogP contribution in [-0.2, 0) is 11.3 Å². The summed E-state index contributed by atoms with van der Waals surface area (Å²) in [6.45, 7) is 5.73. The zero-order valence-corrected chi connectivity index (χ0v) is 11.6. The largest absolute Gasteiger partial charge is 0.377 e. The summed E-state index contributed by atoms with van der Waals surface area (Å²) in [5.74, 6) is 1.14. The lowest BCUT2D eigenvalue weighted by atomic mass is 10.1. The molecular formula is C15H23N3O. The molecule has 0 radical (unpaired) electrons. The van der Waals surface area contributed by atoms with Crippen molar-refractivity contribution in [3.05, 3.63) is 23.9 Å². The lowest BCUT2D eigenvalue weighted by Crippen LogP contribution is -2.46. The molecule has 2 fully saturated rings. The number of rotatable bonds is 5. The highest BCUT2D eigenvalue weighted by Gasteiger charge is 2.25. The normalized spacial score (nSPS) is 23.6. The first kappa shape index (κ1) is 12.9. The summed E-state index contributed by atoms with van der Waals surface area (Å²) in [5.41, 5.74) is 1.31. The van der Waals surface area contributed by atoms with Crippen LogP contribution in [0.15, 0.2) is 18.3 Å². The second-order valence-corrected chi connectivity index (χ2v) is 5.47. The van der Waals surface area contributed by atoms with Crippen molar-refractivity contribution >= 4 is 5.82 Å². The van der Waals surface area contributed by atoms with Crippen molar-refractivity contribution in [1.29, 1.82) is 0 Å². The van der Waals surface area contributed by atoms with Crippen molar-refractivity contribution in [3.63, 3.8) is 0 Å². The summed E-state index contributed by atoms with van der Waals surface area (Å²) >= 11 is 0. The molecule has 1 unspecified atom stereocenters. The van der Waals surface area contributed by atoms with E-state index in [1.807, 2.05) is 12.3 Å². The number of hydrogen-bond donors (Lipinski definition) is 1. The van der Waals surface area contributed by atoms with Gasteiger partial charge < -0.3 is 15.0 Å². The maximum atomic E-state index is 5.59. The summed E-state index contributed by atoms with van der Waals surface area (Å²) in [6, 6.07) is 5.43. The van der Waals surface area contributed by atoms with Gasteiger partial charge in [0.2, 0.25) is 0 Å². The van der Waals surface area contributed by atoms with Gasteiger partial charge in [-0.25, -0.2) is 4.98 Å². The van der Waals surface area contributed by atoms with Crippen LogP contribution >= 0.6 is 0 Å². The molecule has 0 amide bonds. The van der Waals surface area contributed by atoms with Gasteiger partial charge in [-0.1, -0.05) is 13.0 Å². The summed E-state index contributed by atoms with van der Waals surface area (Å²) in [4.78, 5) is 7.05. The number of ether oxygens (including phenoxy) is 1. The zero-order chi connectivity index (χ0) is 13.1. The van der Waals surface area contributed by atoms with E-state index in [9.17, 15) is 0 Å². The van der Waals surface area contributed by atoms with E-state index < -0.39 is 0 Å². The smallest absolute Gasteiger partial charge is 0.133 e. The number of nitrogens with zero attached hydrogens (tertiary/aromatic N) is 2. The highest BCUT2D eigenvalue weighted by molar-refractivity contribution is 5.48. The molecule has 3 rings (SSSR count). The molecular weight excluding hydrogens is 238 g/mol. The first-order valence-electron chi connectivity index (χ1n) is 7.40. The van der Waals surface area contributed by atoms with Crippen molar-refractivity contribution < 1.29 is 4.74 Å². The van der Waals surface area contributed by atoms with E-state index in [1.165, 1.54) is 18.4 Å². The average molecular weight is 261 g/mol. The van der Waals surface area contributed by atoms with Crippen LogP contribution in [0, 0.1) is 0 Å². The van der Waals surface area contributed by atoms with E-state index in [0.29, 0.717) is 6.04 Å². The fourth-order valence-electron chi connectivity index (χ4n) is 2.64. The summed E-state index contributed by atoms with van der Waals surface area (Å²) < 4.78 is 5.59. The molecule has 4 nitrogen and oxygen atoms in total. The summed E-state index contributed by atoms with van der Waals surface area (Å²) in [6.07, 6.45) is 5.65. The Balaban J connectivity index is 1.76. The number of morpholine rings is 1. The fraction of sp³-hybridized carbons (Fsp3) is 0.667. The van der Waals surface area contributed by atoms with Crippen LogP contribution in [0.4, 0.5) is 5.82 Å². The topological polar surface area (TPSA) is 37.4 Å². The van der Waals surface area contributed by atoms with Crippen molar-refractivity contribution in [2.45, 2.75) is 44.8 Å². The van der Waals surface area contributed by atoms with E-state index in [0.717, 1.165) is 44.6 Å². The monoisotopic (exact) mass is 261 g/mol. The molecule has 1 aromatic heterocycles. The summed E-state index contributed by atoms with van der Waals surface area (Å²) in [5, 5.41) is 3.59. The molecule has 0 aromatic carbocycles. The van der Waals surface area contributed by atoms with Gasteiger partial charge in [0.15, 0.2) is 0 Å². The Morgan fingerprint density at radius 1 is 1.47 bits per heavy atom. The molecule has 104 valence electrons. The van der Waals surface area contributed by atoms with Crippen LogP contribution < -0.4 is 10.2 Å². The zero-order valence-electron chi connectivity index (χ0n) is 11.6. The Hall–Kier alpha value is -1.13. The first-order valence-corrected chi connectivity index (χ1v) is 7.40. The Bertz CT molecular complexity index is 420. The van der Waals surface area contributed by atoms with E-state index in [1.54, 1.807) is 0 Å². The third-order valence-corrected chi connectivity index (χ3v) is 4.00. The molecule has 1 aliphatic carbocycles. The van der Waals surface area contributed by atoms with Gasteiger partial charge in [0.1, 0.15) is 5.82 Å². The summed E-state index contributed by atoms with van der Waals surface area (Å²) in [7, 11) is 0. The van der Waals surface area contributed by atoms with Gasteiger partial charge in [-0.2, -0.15) is 0 Å². The number of pyridine rings is 1. The van der Waals surface area contributed by atoms with Crippen LogP contribution in [0.25, 0.3) is 0 Å². The van der Waals surface area contributed by atoms with Crippen LogP contribution in [-0.4, -0.2) is 36.8 Å². The lowest BCUT2D eigenvalue weighted by Gasteiger charge is -2.37. The minimum absolute atomic E-state index is 0.461. The van der Waals surface area contributed by atoms with Crippen LogP contribution in [0.2, 0.25) is 0 Å². The first-order chi connectivity index (χ1) is 9.38. The predicted octanol–water partition coefficient (Wildman–Crippen LogP) is 1.95. The van der Waals surface area contributed by atoms with Crippen molar-refractivity contribution in [2.75, 3.05) is 24.7 Å².